The van der Waals surface area contributed by atoms with Gasteiger partial charge in [-0.2, -0.15) is 0 Å². The van der Waals surface area contributed by atoms with Crippen molar-refractivity contribution in [2.75, 3.05) is 6.54 Å². The molecular weight excluding hydrogens is 224 g/mol. The van der Waals surface area contributed by atoms with Gasteiger partial charge in [0.15, 0.2) is 0 Å². The SMILES string of the molecule is Cc1[nH]c2ccccc2c1CCNC(=O)Cl. The van der Waals surface area contributed by atoms with Gasteiger partial charge < -0.3 is 10.3 Å². The monoisotopic (exact) mass is 236 g/mol. The Balaban J connectivity index is 2.22. The summed E-state index contributed by atoms with van der Waals surface area (Å²) in [6.07, 6.45) is 0.786. The van der Waals surface area contributed by atoms with Gasteiger partial charge >= 0.3 is 5.37 Å². The number of benzene rings is 1. The van der Waals surface area contributed by atoms with Crippen molar-refractivity contribution in [2.45, 2.75) is 13.3 Å². The molecule has 1 amide bonds. The van der Waals surface area contributed by atoms with Gasteiger partial charge in [-0.25, -0.2) is 0 Å². The molecule has 0 unspecified atom stereocenters. The van der Waals surface area contributed by atoms with Gasteiger partial charge in [0.05, 0.1) is 0 Å². The summed E-state index contributed by atoms with van der Waals surface area (Å²) < 4.78 is 0. The van der Waals surface area contributed by atoms with E-state index < -0.39 is 5.37 Å². The fraction of sp³-hybridized carbons (Fsp3) is 0.250. The van der Waals surface area contributed by atoms with Crippen molar-refractivity contribution >= 4 is 27.9 Å². The lowest BCUT2D eigenvalue weighted by atomic mass is 10.1. The lowest BCUT2D eigenvalue weighted by Crippen LogP contribution is -2.19. The Hall–Kier alpha value is -1.48. The molecule has 1 aromatic carbocycles. The first kappa shape index (κ1) is 11.0. The number of hydrogen-bond acceptors (Lipinski definition) is 1. The minimum Gasteiger partial charge on any atom is -0.358 e. The van der Waals surface area contributed by atoms with Crippen LogP contribution >= 0.6 is 11.6 Å². The molecule has 84 valence electrons. The first-order valence-corrected chi connectivity index (χ1v) is 5.56. The summed E-state index contributed by atoms with van der Waals surface area (Å²) in [5.41, 5.74) is 3.51. The molecule has 0 saturated carbocycles. The second kappa shape index (κ2) is 4.58. The van der Waals surface area contributed by atoms with Crippen LogP contribution in [0.25, 0.3) is 10.9 Å². The topological polar surface area (TPSA) is 44.9 Å². The smallest absolute Gasteiger partial charge is 0.313 e. The zero-order valence-electron chi connectivity index (χ0n) is 9.01. The number of H-pyrrole nitrogens is 1. The molecule has 0 aliphatic carbocycles. The van der Waals surface area contributed by atoms with Crippen LogP contribution in [0.5, 0.6) is 0 Å². The van der Waals surface area contributed by atoms with Crippen molar-refractivity contribution in [1.82, 2.24) is 10.3 Å². The summed E-state index contributed by atoms with van der Waals surface area (Å²) in [5.74, 6) is 0. The van der Waals surface area contributed by atoms with E-state index in [2.05, 4.69) is 16.4 Å². The van der Waals surface area contributed by atoms with Crippen molar-refractivity contribution in [3.8, 4) is 0 Å². The van der Waals surface area contributed by atoms with E-state index in [4.69, 9.17) is 11.6 Å². The quantitative estimate of drug-likeness (QED) is 0.625. The number of nitrogens with one attached hydrogen (secondary N) is 2. The molecule has 2 rings (SSSR count). The second-order valence-electron chi connectivity index (χ2n) is 3.72. The van der Waals surface area contributed by atoms with Crippen LogP contribution in [-0.4, -0.2) is 16.9 Å². The number of hydrogen-bond donors (Lipinski definition) is 2. The fourth-order valence-corrected chi connectivity index (χ4v) is 2.04. The van der Waals surface area contributed by atoms with Crippen LogP contribution in [-0.2, 0) is 6.42 Å². The third kappa shape index (κ3) is 2.19. The highest BCUT2D eigenvalue weighted by atomic mass is 35.5. The average Bonchev–Trinajstić information content (AvgIpc) is 2.55. The molecule has 16 heavy (non-hydrogen) atoms. The van der Waals surface area contributed by atoms with Gasteiger partial charge in [0.25, 0.3) is 0 Å². The maximum Gasteiger partial charge on any atom is 0.313 e. The van der Waals surface area contributed by atoms with Gasteiger partial charge in [-0.15, -0.1) is 0 Å². The largest absolute Gasteiger partial charge is 0.358 e. The molecule has 0 bridgehead atoms. The maximum absolute atomic E-state index is 10.6. The van der Waals surface area contributed by atoms with Crippen molar-refractivity contribution in [3.63, 3.8) is 0 Å². The third-order valence-electron chi connectivity index (χ3n) is 2.67. The van der Waals surface area contributed by atoms with Crippen LogP contribution in [0, 0.1) is 6.92 Å². The summed E-state index contributed by atoms with van der Waals surface area (Å²) >= 11 is 5.22. The molecule has 0 atom stereocenters. The highest BCUT2D eigenvalue weighted by Crippen LogP contribution is 2.21. The molecule has 2 aromatic rings. The maximum atomic E-state index is 10.6. The number of aromatic amines is 1. The molecule has 3 nitrogen and oxygen atoms in total. The van der Waals surface area contributed by atoms with Gasteiger partial charge in [0.1, 0.15) is 0 Å². The fourth-order valence-electron chi connectivity index (χ4n) is 1.94. The number of fused-ring (bicyclic) bond motifs is 1. The van der Waals surface area contributed by atoms with Crippen LogP contribution in [0.2, 0.25) is 0 Å². The van der Waals surface area contributed by atoms with Crippen molar-refractivity contribution in [3.05, 3.63) is 35.5 Å². The number of halogens is 1. The molecule has 1 aromatic heterocycles. The average molecular weight is 237 g/mol. The lowest BCUT2D eigenvalue weighted by molar-refractivity contribution is 0.260. The number of carbonyl (C=O) groups excluding carboxylic acids is 1. The van der Waals surface area contributed by atoms with Gasteiger partial charge in [-0.05, 0) is 36.6 Å². The predicted molar refractivity (Wildman–Crippen MR) is 66.0 cm³/mol. The van der Waals surface area contributed by atoms with E-state index in [1.165, 1.54) is 10.9 Å². The minimum absolute atomic E-state index is 0.502. The Morgan fingerprint density at radius 2 is 2.19 bits per heavy atom. The molecular formula is C12H13ClN2O. The predicted octanol–water partition coefficient (Wildman–Crippen LogP) is 2.97. The van der Waals surface area contributed by atoms with Crippen molar-refractivity contribution < 1.29 is 4.79 Å². The first-order chi connectivity index (χ1) is 7.68. The molecule has 0 spiro atoms. The molecule has 0 radical (unpaired) electrons. The molecule has 0 aliphatic heterocycles. The molecule has 4 heteroatoms. The van der Waals surface area contributed by atoms with E-state index in [0.29, 0.717) is 6.54 Å². The Bertz CT molecular complexity index is 519. The number of para-hydroxylation sites is 1. The number of aryl methyl sites for hydroxylation is 1. The normalized spacial score (nSPS) is 10.6. The third-order valence-corrected chi connectivity index (χ3v) is 2.80. The highest BCUT2D eigenvalue weighted by molar-refractivity contribution is 6.62. The van der Waals surface area contributed by atoms with Gasteiger partial charge in [0.2, 0.25) is 0 Å². The Labute approximate surface area is 98.8 Å². The van der Waals surface area contributed by atoms with Crippen molar-refractivity contribution in [1.29, 1.82) is 0 Å². The highest BCUT2D eigenvalue weighted by Gasteiger charge is 2.07. The molecule has 0 saturated heterocycles. The van der Waals surface area contributed by atoms with Crippen LogP contribution in [0.1, 0.15) is 11.3 Å². The molecule has 0 aliphatic rings. The summed E-state index contributed by atoms with van der Waals surface area (Å²) in [7, 11) is 0. The van der Waals surface area contributed by atoms with Crippen LogP contribution < -0.4 is 5.32 Å². The van der Waals surface area contributed by atoms with E-state index >= 15 is 0 Å². The molecule has 0 fully saturated rings. The van der Waals surface area contributed by atoms with E-state index in [0.717, 1.165) is 17.6 Å². The number of aromatic nitrogens is 1. The zero-order chi connectivity index (χ0) is 11.5. The number of amides is 1. The minimum atomic E-state index is -0.502. The van der Waals surface area contributed by atoms with E-state index in [9.17, 15) is 4.79 Å². The summed E-state index contributed by atoms with van der Waals surface area (Å²) in [6.45, 7) is 2.60. The summed E-state index contributed by atoms with van der Waals surface area (Å²) in [4.78, 5) is 13.9. The molecule has 1 heterocycles. The van der Waals surface area contributed by atoms with Crippen LogP contribution in [0.3, 0.4) is 0 Å². The van der Waals surface area contributed by atoms with Gasteiger partial charge in [-0.1, -0.05) is 18.2 Å². The Kier molecular flexibility index (Phi) is 3.15. The first-order valence-electron chi connectivity index (χ1n) is 5.18. The lowest BCUT2D eigenvalue weighted by Gasteiger charge is -2.01. The van der Waals surface area contributed by atoms with E-state index in [-0.39, 0.29) is 0 Å². The summed E-state index contributed by atoms with van der Waals surface area (Å²) in [5, 5.41) is 3.30. The zero-order valence-corrected chi connectivity index (χ0v) is 9.77. The Morgan fingerprint density at radius 1 is 1.44 bits per heavy atom. The molecule has 2 N–H and O–H groups in total. The number of rotatable bonds is 3. The second-order valence-corrected chi connectivity index (χ2v) is 4.07. The van der Waals surface area contributed by atoms with Gasteiger partial charge in [0, 0.05) is 23.1 Å². The van der Waals surface area contributed by atoms with Crippen LogP contribution in [0.15, 0.2) is 24.3 Å². The van der Waals surface area contributed by atoms with Crippen LogP contribution in [0.4, 0.5) is 4.79 Å². The standard InChI is InChI=1S/C12H13ClN2O/c1-8-9(6-7-14-12(13)16)10-4-2-3-5-11(10)15-8/h2-5,15H,6-7H2,1H3,(H,14,16). The number of carbonyl (C=O) groups is 1. The van der Waals surface area contributed by atoms with Gasteiger partial charge in [-0.3, -0.25) is 4.79 Å². The van der Waals surface area contributed by atoms with Crippen molar-refractivity contribution in [2.24, 2.45) is 0 Å². The van der Waals surface area contributed by atoms with E-state index in [1.807, 2.05) is 25.1 Å². The Morgan fingerprint density at radius 3 is 2.94 bits per heavy atom. The van der Waals surface area contributed by atoms with E-state index in [1.54, 1.807) is 0 Å². The summed E-state index contributed by atoms with van der Waals surface area (Å²) in [6, 6.07) is 8.14.